The molecule has 0 aliphatic carbocycles. The molecule has 0 saturated carbocycles. The fourth-order valence-corrected chi connectivity index (χ4v) is 2.17. The molecule has 1 saturated heterocycles. The molecule has 0 bridgehead atoms. The van der Waals surface area contributed by atoms with Gasteiger partial charge in [-0.15, -0.1) is 0 Å². The fraction of sp³-hybridized carbons (Fsp3) is 0.500. The van der Waals surface area contributed by atoms with E-state index in [0.717, 1.165) is 11.1 Å². The number of ether oxygens (including phenoxy) is 1. The molecule has 0 amide bonds. The molecule has 1 aliphatic rings. The van der Waals surface area contributed by atoms with Crippen LogP contribution in [0.3, 0.4) is 0 Å². The van der Waals surface area contributed by atoms with Crippen molar-refractivity contribution < 1.29 is 19.7 Å². The van der Waals surface area contributed by atoms with Crippen molar-refractivity contribution in [3.8, 4) is 0 Å². The number of rotatable bonds is 4. The zero-order chi connectivity index (χ0) is 14.7. The van der Waals surface area contributed by atoms with Crippen molar-refractivity contribution in [1.82, 2.24) is 10.2 Å². The lowest BCUT2D eigenvalue weighted by molar-refractivity contribution is -0.142. The summed E-state index contributed by atoms with van der Waals surface area (Å²) in [4.78, 5) is 12.3. The van der Waals surface area contributed by atoms with Crippen LogP contribution in [0, 0.1) is 6.92 Å². The summed E-state index contributed by atoms with van der Waals surface area (Å²) in [5.74, 6) is -0.412. The van der Waals surface area contributed by atoms with Gasteiger partial charge >= 0.3 is 5.97 Å². The van der Waals surface area contributed by atoms with Gasteiger partial charge in [0.25, 0.3) is 0 Å². The highest BCUT2D eigenvalue weighted by molar-refractivity contribution is 5.65. The van der Waals surface area contributed by atoms with Gasteiger partial charge in [-0.05, 0) is 12.5 Å². The van der Waals surface area contributed by atoms with Gasteiger partial charge in [0, 0.05) is 13.5 Å². The standard InChI is InChI=1S/C14H20N2O4/c1-9-3-5-11(6-4-9)7-16-13(18)12(15-14(16)19)8-20-10(2)17/h3-6,12-15,18-19H,7-8H2,1-2H3. The highest BCUT2D eigenvalue weighted by atomic mass is 16.5. The number of aryl methyl sites for hydroxylation is 1. The number of carbonyl (C=O) groups is 1. The zero-order valence-electron chi connectivity index (χ0n) is 11.6. The van der Waals surface area contributed by atoms with Crippen LogP contribution in [0.4, 0.5) is 0 Å². The first-order valence-electron chi connectivity index (χ1n) is 6.54. The molecule has 1 fully saturated rings. The van der Waals surface area contributed by atoms with Gasteiger partial charge < -0.3 is 14.9 Å². The van der Waals surface area contributed by atoms with E-state index in [1.807, 2.05) is 31.2 Å². The number of carbonyl (C=O) groups excluding carboxylic acids is 1. The van der Waals surface area contributed by atoms with Crippen LogP contribution in [0.2, 0.25) is 0 Å². The Morgan fingerprint density at radius 2 is 2.00 bits per heavy atom. The molecule has 3 unspecified atom stereocenters. The highest BCUT2D eigenvalue weighted by Crippen LogP contribution is 2.18. The quantitative estimate of drug-likeness (QED) is 0.670. The monoisotopic (exact) mass is 280 g/mol. The largest absolute Gasteiger partial charge is 0.464 e. The van der Waals surface area contributed by atoms with Gasteiger partial charge in [-0.3, -0.25) is 10.1 Å². The molecule has 6 heteroatoms. The molecular formula is C14H20N2O4. The van der Waals surface area contributed by atoms with Crippen molar-refractivity contribution in [2.75, 3.05) is 6.61 Å². The zero-order valence-corrected chi connectivity index (χ0v) is 11.6. The van der Waals surface area contributed by atoms with Crippen LogP contribution in [0.1, 0.15) is 18.1 Å². The number of hydrogen-bond donors (Lipinski definition) is 3. The van der Waals surface area contributed by atoms with E-state index in [-0.39, 0.29) is 6.61 Å². The number of nitrogens with zero attached hydrogens (tertiary/aromatic N) is 1. The Kier molecular flexibility index (Phi) is 4.72. The lowest BCUT2D eigenvalue weighted by Gasteiger charge is -2.23. The lowest BCUT2D eigenvalue weighted by atomic mass is 10.1. The van der Waals surface area contributed by atoms with Crippen molar-refractivity contribution in [2.24, 2.45) is 0 Å². The van der Waals surface area contributed by atoms with Crippen LogP contribution in [0.5, 0.6) is 0 Å². The van der Waals surface area contributed by atoms with Crippen LogP contribution in [-0.4, -0.2) is 46.3 Å². The van der Waals surface area contributed by atoms with E-state index in [1.165, 1.54) is 11.8 Å². The minimum atomic E-state index is -0.966. The van der Waals surface area contributed by atoms with E-state index in [2.05, 4.69) is 5.32 Å². The lowest BCUT2D eigenvalue weighted by Crippen LogP contribution is -2.39. The number of hydrogen-bond acceptors (Lipinski definition) is 6. The van der Waals surface area contributed by atoms with Gasteiger partial charge in [0.2, 0.25) is 0 Å². The number of esters is 1. The summed E-state index contributed by atoms with van der Waals surface area (Å²) in [6, 6.07) is 7.36. The van der Waals surface area contributed by atoms with Gasteiger partial charge in [-0.1, -0.05) is 29.8 Å². The molecule has 0 aromatic heterocycles. The van der Waals surface area contributed by atoms with Crippen molar-refractivity contribution in [2.45, 2.75) is 39.0 Å². The minimum absolute atomic E-state index is 0.0258. The average molecular weight is 280 g/mol. The van der Waals surface area contributed by atoms with Gasteiger partial charge in [-0.25, -0.2) is 4.90 Å². The van der Waals surface area contributed by atoms with E-state index >= 15 is 0 Å². The predicted octanol–water partition coefficient (Wildman–Crippen LogP) is -0.0738. The molecular weight excluding hydrogens is 260 g/mol. The molecule has 20 heavy (non-hydrogen) atoms. The first kappa shape index (κ1) is 14.9. The second-order valence-electron chi connectivity index (χ2n) is 5.02. The Morgan fingerprint density at radius 1 is 1.35 bits per heavy atom. The molecule has 1 aliphatic heterocycles. The molecule has 1 heterocycles. The van der Waals surface area contributed by atoms with Crippen LogP contribution >= 0.6 is 0 Å². The van der Waals surface area contributed by atoms with Gasteiger partial charge in [-0.2, -0.15) is 0 Å². The van der Waals surface area contributed by atoms with Crippen molar-refractivity contribution in [1.29, 1.82) is 0 Å². The minimum Gasteiger partial charge on any atom is -0.464 e. The Morgan fingerprint density at radius 3 is 2.60 bits per heavy atom. The van der Waals surface area contributed by atoms with Gasteiger partial charge in [0.1, 0.15) is 12.8 Å². The Hall–Kier alpha value is -1.47. The molecule has 0 radical (unpaired) electrons. The Balaban J connectivity index is 1.97. The molecule has 0 spiro atoms. The van der Waals surface area contributed by atoms with Crippen LogP contribution < -0.4 is 5.32 Å². The summed E-state index contributed by atoms with van der Waals surface area (Å²) in [5.41, 5.74) is 2.14. The van der Waals surface area contributed by atoms with Crippen LogP contribution in [-0.2, 0) is 16.1 Å². The Labute approximate surface area is 118 Å². The van der Waals surface area contributed by atoms with Crippen LogP contribution in [0.25, 0.3) is 0 Å². The average Bonchev–Trinajstić information content (AvgIpc) is 2.66. The van der Waals surface area contributed by atoms with E-state index in [1.54, 1.807) is 0 Å². The van der Waals surface area contributed by atoms with E-state index in [0.29, 0.717) is 6.54 Å². The number of benzene rings is 1. The summed E-state index contributed by atoms with van der Waals surface area (Å²) in [6.45, 7) is 3.74. The molecule has 3 N–H and O–H groups in total. The second kappa shape index (κ2) is 6.32. The maximum atomic E-state index is 10.8. The molecule has 110 valence electrons. The van der Waals surface area contributed by atoms with Gasteiger partial charge in [0.05, 0.1) is 6.04 Å². The number of aliphatic hydroxyl groups excluding tert-OH is 2. The molecule has 1 aromatic rings. The summed E-state index contributed by atoms with van der Waals surface area (Å²) >= 11 is 0. The first-order chi connectivity index (χ1) is 9.47. The third-order valence-electron chi connectivity index (χ3n) is 3.33. The maximum absolute atomic E-state index is 10.8. The third kappa shape index (κ3) is 3.55. The summed E-state index contributed by atoms with van der Waals surface area (Å²) in [7, 11) is 0. The summed E-state index contributed by atoms with van der Waals surface area (Å²) in [5, 5.41) is 22.9. The van der Waals surface area contributed by atoms with E-state index < -0.39 is 24.6 Å². The van der Waals surface area contributed by atoms with Crippen molar-refractivity contribution in [3.05, 3.63) is 35.4 Å². The van der Waals surface area contributed by atoms with Gasteiger partial charge in [0.15, 0.2) is 6.35 Å². The second-order valence-corrected chi connectivity index (χ2v) is 5.02. The maximum Gasteiger partial charge on any atom is 0.302 e. The topological polar surface area (TPSA) is 82.0 Å². The summed E-state index contributed by atoms with van der Waals surface area (Å²) < 4.78 is 4.86. The molecule has 3 atom stereocenters. The normalized spacial score (nSPS) is 26.7. The van der Waals surface area contributed by atoms with E-state index in [4.69, 9.17) is 4.74 Å². The van der Waals surface area contributed by atoms with Crippen molar-refractivity contribution >= 4 is 5.97 Å². The number of nitrogens with one attached hydrogen (secondary N) is 1. The molecule has 1 aromatic carbocycles. The van der Waals surface area contributed by atoms with Crippen molar-refractivity contribution in [3.63, 3.8) is 0 Å². The fourth-order valence-electron chi connectivity index (χ4n) is 2.17. The first-order valence-corrected chi connectivity index (χ1v) is 6.54. The smallest absolute Gasteiger partial charge is 0.302 e. The van der Waals surface area contributed by atoms with E-state index in [9.17, 15) is 15.0 Å². The highest BCUT2D eigenvalue weighted by Gasteiger charge is 2.39. The molecule has 2 rings (SSSR count). The van der Waals surface area contributed by atoms with Crippen LogP contribution in [0.15, 0.2) is 24.3 Å². The number of aliphatic hydroxyl groups is 2. The Bertz CT molecular complexity index is 463. The predicted molar refractivity (Wildman–Crippen MR) is 72.3 cm³/mol. The SMILES string of the molecule is CC(=O)OCC1NC(O)N(Cc2ccc(C)cc2)C1O. The molecule has 6 nitrogen and oxygen atoms in total. The summed E-state index contributed by atoms with van der Waals surface area (Å²) in [6.07, 6.45) is -1.88. The third-order valence-corrected chi connectivity index (χ3v) is 3.33.